The molecule has 1 aliphatic rings. The Balaban J connectivity index is 1.61. The molecule has 1 fully saturated rings. The minimum Gasteiger partial charge on any atom is -0.428 e. The van der Waals surface area contributed by atoms with Crippen molar-refractivity contribution in [2.45, 2.75) is 50.5 Å². The molecule has 0 unspecified atom stereocenters. The van der Waals surface area contributed by atoms with E-state index < -0.39 is 5.92 Å². The van der Waals surface area contributed by atoms with Crippen molar-refractivity contribution in [1.82, 2.24) is 29.9 Å². The molecular formula is C15H16F2N6O2. The molecule has 0 saturated heterocycles. The molecule has 25 heavy (non-hydrogen) atoms. The molecule has 0 bridgehead atoms. The summed E-state index contributed by atoms with van der Waals surface area (Å²) in [4.78, 5) is 19.4. The molecule has 0 spiro atoms. The van der Waals surface area contributed by atoms with Crippen molar-refractivity contribution in [2.75, 3.05) is 0 Å². The first-order valence-corrected chi connectivity index (χ1v) is 8.11. The van der Waals surface area contributed by atoms with Gasteiger partial charge in [-0.25, -0.2) is 18.4 Å². The zero-order valence-corrected chi connectivity index (χ0v) is 13.3. The van der Waals surface area contributed by atoms with Crippen LogP contribution in [0.4, 0.5) is 8.78 Å². The molecule has 1 aliphatic carbocycles. The predicted molar refractivity (Wildman–Crippen MR) is 82.3 cm³/mol. The van der Waals surface area contributed by atoms with Gasteiger partial charge in [-0.15, -0.1) is 10.2 Å². The third-order valence-corrected chi connectivity index (χ3v) is 4.53. The van der Waals surface area contributed by atoms with E-state index in [1.807, 2.05) is 0 Å². The maximum atomic E-state index is 13.4. The van der Waals surface area contributed by atoms with Crippen LogP contribution in [0.25, 0.3) is 11.0 Å². The number of fused-ring (bicyclic) bond motifs is 1. The fraction of sp³-hybridized carbons (Fsp3) is 0.533. The van der Waals surface area contributed by atoms with Crippen molar-refractivity contribution < 1.29 is 13.2 Å². The van der Waals surface area contributed by atoms with E-state index in [2.05, 4.69) is 25.3 Å². The number of aryl methyl sites for hydroxylation is 2. The number of nitrogens with zero attached hydrogens (tertiary/aromatic N) is 5. The molecule has 0 aliphatic heterocycles. The van der Waals surface area contributed by atoms with E-state index in [-0.39, 0.29) is 24.4 Å². The molecule has 1 saturated carbocycles. The molecule has 4 rings (SSSR count). The van der Waals surface area contributed by atoms with Crippen molar-refractivity contribution in [3.63, 3.8) is 0 Å². The molecule has 132 valence electrons. The SMILES string of the molecule is O=c1[nH]c(CCc2nnco2)nc2c1cnn2C1CCC(F)(F)CC1. The number of nitrogens with one attached hydrogen (secondary N) is 1. The Morgan fingerprint density at radius 2 is 2.12 bits per heavy atom. The molecule has 0 radical (unpaired) electrons. The number of hydrogen-bond donors (Lipinski definition) is 1. The summed E-state index contributed by atoms with van der Waals surface area (Å²) in [5, 5.41) is 12.0. The average molecular weight is 350 g/mol. The third-order valence-electron chi connectivity index (χ3n) is 4.53. The van der Waals surface area contributed by atoms with Crippen LogP contribution in [-0.4, -0.2) is 35.9 Å². The molecule has 1 N–H and O–H groups in total. The summed E-state index contributed by atoms with van der Waals surface area (Å²) in [6.45, 7) is 0. The van der Waals surface area contributed by atoms with E-state index in [4.69, 9.17) is 4.42 Å². The maximum absolute atomic E-state index is 13.4. The summed E-state index contributed by atoms with van der Waals surface area (Å²) in [5.74, 6) is -1.69. The zero-order chi connectivity index (χ0) is 17.4. The first-order valence-electron chi connectivity index (χ1n) is 8.11. The Kier molecular flexibility index (Phi) is 3.81. The van der Waals surface area contributed by atoms with E-state index in [0.29, 0.717) is 48.4 Å². The minimum atomic E-state index is -2.61. The predicted octanol–water partition coefficient (Wildman–Crippen LogP) is 2.04. The van der Waals surface area contributed by atoms with Gasteiger partial charge in [-0.3, -0.25) is 4.79 Å². The Morgan fingerprint density at radius 3 is 2.84 bits per heavy atom. The summed E-state index contributed by atoms with van der Waals surface area (Å²) in [5.41, 5.74) is 0.136. The minimum absolute atomic E-state index is 0.171. The van der Waals surface area contributed by atoms with Crippen LogP contribution in [0.5, 0.6) is 0 Å². The van der Waals surface area contributed by atoms with Crippen LogP contribution in [0, 0.1) is 0 Å². The number of aromatic nitrogens is 6. The second-order valence-electron chi connectivity index (χ2n) is 6.26. The van der Waals surface area contributed by atoms with E-state index in [9.17, 15) is 13.6 Å². The monoisotopic (exact) mass is 350 g/mol. The van der Waals surface area contributed by atoms with Gasteiger partial charge in [0, 0.05) is 25.7 Å². The van der Waals surface area contributed by atoms with Gasteiger partial charge in [-0.05, 0) is 12.8 Å². The quantitative estimate of drug-likeness (QED) is 0.772. The number of alkyl halides is 2. The highest BCUT2D eigenvalue weighted by molar-refractivity contribution is 5.73. The van der Waals surface area contributed by atoms with Crippen molar-refractivity contribution in [3.05, 3.63) is 34.7 Å². The molecular weight excluding hydrogens is 334 g/mol. The molecule has 0 atom stereocenters. The summed E-state index contributed by atoms with van der Waals surface area (Å²) >= 11 is 0. The normalized spacial score (nSPS) is 18.0. The highest BCUT2D eigenvalue weighted by atomic mass is 19.3. The number of H-pyrrole nitrogens is 1. The van der Waals surface area contributed by atoms with Crippen molar-refractivity contribution >= 4 is 11.0 Å². The second-order valence-corrected chi connectivity index (χ2v) is 6.26. The molecule has 3 aromatic rings. The van der Waals surface area contributed by atoms with E-state index in [0.717, 1.165) is 0 Å². The van der Waals surface area contributed by atoms with Gasteiger partial charge in [0.2, 0.25) is 18.2 Å². The Labute approximate surface area is 140 Å². The fourth-order valence-electron chi connectivity index (χ4n) is 3.17. The Hall–Kier alpha value is -2.65. The summed E-state index contributed by atoms with van der Waals surface area (Å²) in [6.07, 6.45) is 3.82. The van der Waals surface area contributed by atoms with Gasteiger partial charge >= 0.3 is 0 Å². The third kappa shape index (κ3) is 3.15. The van der Waals surface area contributed by atoms with Crippen LogP contribution in [-0.2, 0) is 12.8 Å². The second kappa shape index (κ2) is 6.01. The standard InChI is InChI=1S/C15H16F2N6O2/c16-15(17)5-3-9(4-6-15)23-13-10(7-19-23)14(24)21-11(20-13)1-2-12-22-18-8-25-12/h7-9H,1-6H2,(H,20,21,24). The van der Waals surface area contributed by atoms with Gasteiger partial charge in [0.25, 0.3) is 5.56 Å². The lowest BCUT2D eigenvalue weighted by Gasteiger charge is -2.28. The van der Waals surface area contributed by atoms with Crippen molar-refractivity contribution in [1.29, 1.82) is 0 Å². The maximum Gasteiger partial charge on any atom is 0.262 e. The van der Waals surface area contributed by atoms with E-state index >= 15 is 0 Å². The van der Waals surface area contributed by atoms with Crippen molar-refractivity contribution in [3.8, 4) is 0 Å². The lowest BCUT2D eigenvalue weighted by molar-refractivity contribution is -0.0446. The van der Waals surface area contributed by atoms with Gasteiger partial charge < -0.3 is 9.40 Å². The van der Waals surface area contributed by atoms with Crippen LogP contribution in [0.1, 0.15) is 43.4 Å². The average Bonchev–Trinajstić information content (AvgIpc) is 3.23. The van der Waals surface area contributed by atoms with Crippen LogP contribution in [0.15, 0.2) is 21.8 Å². The number of rotatable bonds is 4. The van der Waals surface area contributed by atoms with Crippen LogP contribution in [0.3, 0.4) is 0 Å². The summed E-state index contributed by atoms with van der Waals surface area (Å²) < 4.78 is 33.4. The van der Waals surface area contributed by atoms with E-state index in [1.54, 1.807) is 4.68 Å². The van der Waals surface area contributed by atoms with Crippen LogP contribution < -0.4 is 5.56 Å². The largest absolute Gasteiger partial charge is 0.428 e. The van der Waals surface area contributed by atoms with Crippen LogP contribution >= 0.6 is 0 Å². The zero-order valence-electron chi connectivity index (χ0n) is 13.3. The Morgan fingerprint density at radius 1 is 1.32 bits per heavy atom. The van der Waals surface area contributed by atoms with E-state index in [1.165, 1.54) is 12.6 Å². The summed E-state index contributed by atoms with van der Waals surface area (Å²) in [6, 6.07) is -0.171. The van der Waals surface area contributed by atoms with Gasteiger partial charge in [-0.1, -0.05) is 0 Å². The first-order chi connectivity index (χ1) is 12.0. The molecule has 3 aromatic heterocycles. The highest BCUT2D eigenvalue weighted by Gasteiger charge is 2.36. The van der Waals surface area contributed by atoms with Gasteiger partial charge in [-0.2, -0.15) is 5.10 Å². The summed E-state index contributed by atoms with van der Waals surface area (Å²) in [7, 11) is 0. The Bertz CT molecular complexity index is 923. The van der Waals surface area contributed by atoms with Gasteiger partial charge in [0.05, 0.1) is 12.2 Å². The highest BCUT2D eigenvalue weighted by Crippen LogP contribution is 2.38. The number of hydrogen-bond acceptors (Lipinski definition) is 6. The topological polar surface area (TPSA) is 102 Å². The molecule has 0 aromatic carbocycles. The number of halogens is 2. The smallest absolute Gasteiger partial charge is 0.262 e. The van der Waals surface area contributed by atoms with Crippen LogP contribution in [0.2, 0.25) is 0 Å². The number of aromatic amines is 1. The molecule has 10 heteroatoms. The molecule has 8 nitrogen and oxygen atoms in total. The molecule has 0 amide bonds. The fourth-order valence-corrected chi connectivity index (χ4v) is 3.17. The van der Waals surface area contributed by atoms with Crippen molar-refractivity contribution in [2.24, 2.45) is 0 Å². The molecule has 3 heterocycles. The van der Waals surface area contributed by atoms with Gasteiger partial charge in [0.15, 0.2) is 5.65 Å². The first kappa shape index (κ1) is 15.9. The van der Waals surface area contributed by atoms with Gasteiger partial charge in [0.1, 0.15) is 11.2 Å². The lowest BCUT2D eigenvalue weighted by Crippen LogP contribution is -2.27. The lowest BCUT2D eigenvalue weighted by atomic mass is 9.92.